The summed E-state index contributed by atoms with van der Waals surface area (Å²) in [6, 6.07) is 4.13. The van der Waals surface area contributed by atoms with E-state index in [-0.39, 0.29) is 24.8 Å². The SMILES string of the molecule is COC(=O)CC1C(=O)NCCN1CC(=O)Nc1c(Cl)cccc1Cl. The summed E-state index contributed by atoms with van der Waals surface area (Å²) in [5.74, 6) is -1.21. The van der Waals surface area contributed by atoms with Crippen LogP contribution >= 0.6 is 23.2 Å². The average molecular weight is 374 g/mol. The molecule has 1 aliphatic rings. The van der Waals surface area contributed by atoms with Gasteiger partial charge in [0.05, 0.1) is 35.8 Å². The van der Waals surface area contributed by atoms with Gasteiger partial charge < -0.3 is 15.4 Å². The number of hydrogen-bond donors (Lipinski definition) is 2. The van der Waals surface area contributed by atoms with Crippen molar-refractivity contribution in [1.82, 2.24) is 10.2 Å². The fraction of sp³-hybridized carbons (Fsp3) is 0.400. The van der Waals surface area contributed by atoms with Gasteiger partial charge in [0.2, 0.25) is 11.8 Å². The molecule has 0 radical (unpaired) electrons. The summed E-state index contributed by atoms with van der Waals surface area (Å²) in [6.07, 6.45) is -0.123. The van der Waals surface area contributed by atoms with Crippen molar-refractivity contribution >= 4 is 46.7 Å². The molecule has 1 atom stereocenters. The number of anilines is 1. The highest BCUT2D eigenvalue weighted by molar-refractivity contribution is 6.39. The summed E-state index contributed by atoms with van der Waals surface area (Å²) in [6.45, 7) is 0.768. The molecule has 1 heterocycles. The van der Waals surface area contributed by atoms with Crippen LogP contribution in [0.5, 0.6) is 0 Å². The van der Waals surface area contributed by atoms with E-state index in [9.17, 15) is 14.4 Å². The predicted molar refractivity (Wildman–Crippen MR) is 90.1 cm³/mol. The molecule has 1 aromatic carbocycles. The number of hydrogen-bond acceptors (Lipinski definition) is 5. The lowest BCUT2D eigenvalue weighted by Crippen LogP contribution is -2.57. The highest BCUT2D eigenvalue weighted by atomic mass is 35.5. The fourth-order valence-electron chi connectivity index (χ4n) is 2.40. The summed E-state index contributed by atoms with van der Waals surface area (Å²) in [4.78, 5) is 37.3. The van der Waals surface area contributed by atoms with Gasteiger partial charge >= 0.3 is 5.97 Å². The van der Waals surface area contributed by atoms with Gasteiger partial charge in [-0.3, -0.25) is 19.3 Å². The van der Waals surface area contributed by atoms with Crippen molar-refractivity contribution in [2.75, 3.05) is 32.1 Å². The maximum Gasteiger partial charge on any atom is 0.307 e. The molecule has 0 aromatic heterocycles. The van der Waals surface area contributed by atoms with Crippen LogP contribution in [0.3, 0.4) is 0 Å². The van der Waals surface area contributed by atoms with Crippen molar-refractivity contribution in [3.8, 4) is 0 Å². The number of carbonyl (C=O) groups is 3. The highest BCUT2D eigenvalue weighted by Crippen LogP contribution is 2.29. The topological polar surface area (TPSA) is 87.7 Å². The molecule has 0 bridgehead atoms. The Hall–Kier alpha value is -1.83. The van der Waals surface area contributed by atoms with Crippen molar-refractivity contribution in [2.45, 2.75) is 12.5 Å². The van der Waals surface area contributed by atoms with Crippen molar-refractivity contribution < 1.29 is 19.1 Å². The van der Waals surface area contributed by atoms with E-state index in [0.717, 1.165) is 0 Å². The van der Waals surface area contributed by atoms with E-state index in [1.807, 2.05) is 0 Å². The van der Waals surface area contributed by atoms with Crippen LogP contribution in [0, 0.1) is 0 Å². The second-order valence-corrected chi connectivity index (χ2v) is 6.02. The van der Waals surface area contributed by atoms with Crippen LogP contribution in [0.2, 0.25) is 10.0 Å². The first-order chi connectivity index (χ1) is 11.4. The Morgan fingerprint density at radius 1 is 1.38 bits per heavy atom. The fourth-order valence-corrected chi connectivity index (χ4v) is 2.89. The van der Waals surface area contributed by atoms with Gasteiger partial charge in [0.25, 0.3) is 0 Å². The highest BCUT2D eigenvalue weighted by Gasteiger charge is 2.33. The molecular formula is C15H17Cl2N3O4. The molecule has 9 heteroatoms. The van der Waals surface area contributed by atoms with Gasteiger partial charge in [-0.25, -0.2) is 0 Å². The smallest absolute Gasteiger partial charge is 0.307 e. The summed E-state index contributed by atoms with van der Waals surface area (Å²) in [5, 5.41) is 5.94. The first kappa shape index (κ1) is 18.5. The summed E-state index contributed by atoms with van der Waals surface area (Å²) in [5.41, 5.74) is 0.316. The molecule has 0 aliphatic carbocycles. The molecule has 24 heavy (non-hydrogen) atoms. The molecule has 2 amide bonds. The Balaban J connectivity index is 2.05. The maximum absolute atomic E-state index is 12.3. The van der Waals surface area contributed by atoms with E-state index in [2.05, 4.69) is 15.4 Å². The molecule has 2 N–H and O–H groups in total. The zero-order valence-electron chi connectivity index (χ0n) is 13.0. The van der Waals surface area contributed by atoms with E-state index < -0.39 is 12.0 Å². The quantitative estimate of drug-likeness (QED) is 0.759. The Bertz CT molecular complexity index is 633. The van der Waals surface area contributed by atoms with Crippen LogP contribution < -0.4 is 10.6 Å². The number of halogens is 2. The number of rotatable bonds is 5. The number of para-hydroxylation sites is 1. The van der Waals surface area contributed by atoms with Crippen LogP contribution in [0.4, 0.5) is 5.69 Å². The second kappa shape index (κ2) is 8.32. The Labute approximate surface area is 149 Å². The number of carbonyl (C=O) groups excluding carboxylic acids is 3. The van der Waals surface area contributed by atoms with E-state index in [1.54, 1.807) is 23.1 Å². The van der Waals surface area contributed by atoms with Gasteiger partial charge in [0, 0.05) is 13.1 Å². The molecule has 130 valence electrons. The monoisotopic (exact) mass is 373 g/mol. The predicted octanol–water partition coefficient (Wildman–Crippen LogP) is 1.30. The molecule has 2 rings (SSSR count). The number of esters is 1. The number of benzene rings is 1. The van der Waals surface area contributed by atoms with E-state index in [4.69, 9.17) is 23.2 Å². The molecule has 1 aliphatic heterocycles. The second-order valence-electron chi connectivity index (χ2n) is 5.20. The minimum absolute atomic E-state index is 0.0728. The lowest BCUT2D eigenvalue weighted by Gasteiger charge is -2.33. The van der Waals surface area contributed by atoms with Gasteiger partial charge in [0.1, 0.15) is 6.04 Å². The summed E-state index contributed by atoms with van der Waals surface area (Å²) < 4.78 is 4.60. The van der Waals surface area contributed by atoms with Crippen LogP contribution in [0.25, 0.3) is 0 Å². The van der Waals surface area contributed by atoms with E-state index in [1.165, 1.54) is 7.11 Å². The third-order valence-corrected chi connectivity index (χ3v) is 4.23. The molecule has 7 nitrogen and oxygen atoms in total. The summed E-state index contributed by atoms with van der Waals surface area (Å²) >= 11 is 12.0. The van der Waals surface area contributed by atoms with Crippen LogP contribution in [-0.2, 0) is 19.1 Å². The van der Waals surface area contributed by atoms with Gasteiger partial charge in [-0.15, -0.1) is 0 Å². The Kier molecular flexibility index (Phi) is 6.42. The van der Waals surface area contributed by atoms with Crippen LogP contribution in [0.1, 0.15) is 6.42 Å². The molecule has 0 spiro atoms. The van der Waals surface area contributed by atoms with Crippen molar-refractivity contribution in [3.63, 3.8) is 0 Å². The first-order valence-corrected chi connectivity index (χ1v) is 8.00. The standard InChI is InChI=1S/C15H17Cl2N3O4/c1-24-13(22)7-11-15(23)18-5-6-20(11)8-12(21)19-14-9(16)3-2-4-10(14)17/h2-4,11H,5-8H2,1H3,(H,18,23)(H,19,21). The molecule has 0 saturated carbocycles. The van der Waals surface area contributed by atoms with Crippen molar-refractivity contribution in [1.29, 1.82) is 0 Å². The zero-order valence-corrected chi connectivity index (χ0v) is 14.5. The number of amides is 2. The largest absolute Gasteiger partial charge is 0.469 e. The molecule has 1 unspecified atom stereocenters. The van der Waals surface area contributed by atoms with E-state index in [0.29, 0.717) is 28.8 Å². The lowest BCUT2D eigenvalue weighted by molar-refractivity contribution is -0.146. The van der Waals surface area contributed by atoms with Crippen molar-refractivity contribution in [2.24, 2.45) is 0 Å². The van der Waals surface area contributed by atoms with E-state index >= 15 is 0 Å². The van der Waals surface area contributed by atoms with Crippen LogP contribution in [0.15, 0.2) is 18.2 Å². The van der Waals surface area contributed by atoms with Crippen molar-refractivity contribution in [3.05, 3.63) is 28.2 Å². The molecule has 1 aromatic rings. The molecule has 1 saturated heterocycles. The summed E-state index contributed by atoms with van der Waals surface area (Å²) in [7, 11) is 1.25. The lowest BCUT2D eigenvalue weighted by atomic mass is 10.1. The number of piperazine rings is 1. The number of nitrogens with one attached hydrogen (secondary N) is 2. The first-order valence-electron chi connectivity index (χ1n) is 7.24. The number of ether oxygens (including phenoxy) is 1. The maximum atomic E-state index is 12.3. The minimum Gasteiger partial charge on any atom is -0.469 e. The van der Waals surface area contributed by atoms with Gasteiger partial charge in [0.15, 0.2) is 0 Å². The van der Waals surface area contributed by atoms with Gasteiger partial charge in [-0.2, -0.15) is 0 Å². The van der Waals surface area contributed by atoms with Gasteiger partial charge in [-0.05, 0) is 12.1 Å². The third-order valence-electron chi connectivity index (χ3n) is 3.60. The average Bonchev–Trinajstić information content (AvgIpc) is 2.54. The minimum atomic E-state index is -0.751. The zero-order chi connectivity index (χ0) is 17.7. The Morgan fingerprint density at radius 3 is 2.67 bits per heavy atom. The molecule has 1 fully saturated rings. The number of nitrogens with zero attached hydrogens (tertiary/aromatic N) is 1. The normalized spacial score (nSPS) is 18.0. The number of methoxy groups -OCH3 is 1. The van der Waals surface area contributed by atoms with Crippen LogP contribution in [-0.4, -0.2) is 55.5 Å². The van der Waals surface area contributed by atoms with Gasteiger partial charge in [-0.1, -0.05) is 29.3 Å². The molecular weight excluding hydrogens is 357 g/mol. The third kappa shape index (κ3) is 4.59. The Morgan fingerprint density at radius 2 is 2.04 bits per heavy atom.